The van der Waals surface area contributed by atoms with Gasteiger partial charge in [0.25, 0.3) is 0 Å². The normalized spacial score (nSPS) is 11.6. The SMILES string of the molecule is NC(=S)c1cc2ccccc2nc1NCCCC(F)(F)F. The molecule has 0 amide bonds. The van der Waals surface area contributed by atoms with Crippen LogP contribution < -0.4 is 11.1 Å². The molecule has 112 valence electrons. The van der Waals surface area contributed by atoms with Crippen molar-refractivity contribution in [1.29, 1.82) is 0 Å². The molecule has 0 saturated heterocycles. The van der Waals surface area contributed by atoms with Crippen LogP contribution in [0, 0.1) is 0 Å². The minimum atomic E-state index is -4.15. The zero-order chi connectivity index (χ0) is 15.5. The topological polar surface area (TPSA) is 50.9 Å². The molecule has 0 spiro atoms. The number of rotatable bonds is 5. The van der Waals surface area contributed by atoms with E-state index in [9.17, 15) is 13.2 Å². The van der Waals surface area contributed by atoms with Crippen molar-refractivity contribution < 1.29 is 13.2 Å². The maximum Gasteiger partial charge on any atom is 0.389 e. The van der Waals surface area contributed by atoms with E-state index in [1.807, 2.05) is 24.3 Å². The van der Waals surface area contributed by atoms with E-state index in [0.29, 0.717) is 11.4 Å². The summed E-state index contributed by atoms with van der Waals surface area (Å²) in [4.78, 5) is 4.53. The van der Waals surface area contributed by atoms with Crippen LogP contribution in [0.25, 0.3) is 10.9 Å². The van der Waals surface area contributed by atoms with Crippen molar-refractivity contribution in [3.05, 3.63) is 35.9 Å². The largest absolute Gasteiger partial charge is 0.389 e. The summed E-state index contributed by atoms with van der Waals surface area (Å²) in [6, 6.07) is 9.18. The van der Waals surface area contributed by atoms with Crippen LogP contribution in [0.4, 0.5) is 19.0 Å². The lowest BCUT2D eigenvalue weighted by molar-refractivity contribution is -0.134. The third kappa shape index (κ3) is 4.29. The lowest BCUT2D eigenvalue weighted by Crippen LogP contribution is -2.16. The number of para-hydroxylation sites is 1. The van der Waals surface area contributed by atoms with Crippen molar-refractivity contribution in [1.82, 2.24) is 4.98 Å². The first-order valence-electron chi connectivity index (χ1n) is 6.37. The summed E-state index contributed by atoms with van der Waals surface area (Å²) in [6.45, 7) is 0.153. The van der Waals surface area contributed by atoms with Crippen molar-refractivity contribution in [2.24, 2.45) is 5.73 Å². The Labute approximate surface area is 125 Å². The predicted molar refractivity (Wildman–Crippen MR) is 81.4 cm³/mol. The molecule has 0 aliphatic heterocycles. The highest BCUT2D eigenvalue weighted by Crippen LogP contribution is 2.23. The first kappa shape index (κ1) is 15.5. The number of halogens is 3. The molecule has 3 nitrogen and oxygen atoms in total. The first-order chi connectivity index (χ1) is 9.87. The van der Waals surface area contributed by atoms with Gasteiger partial charge in [0.05, 0.1) is 11.1 Å². The number of hydrogen-bond donors (Lipinski definition) is 2. The molecular weight excluding hydrogens is 299 g/mol. The number of fused-ring (bicyclic) bond motifs is 1. The Kier molecular flexibility index (Phi) is 4.62. The lowest BCUT2D eigenvalue weighted by atomic mass is 10.1. The molecular formula is C14H14F3N3S. The maximum absolute atomic E-state index is 12.1. The molecule has 0 saturated carbocycles. The van der Waals surface area contributed by atoms with Crippen LogP contribution in [0.1, 0.15) is 18.4 Å². The van der Waals surface area contributed by atoms with Gasteiger partial charge in [-0.15, -0.1) is 0 Å². The summed E-state index contributed by atoms with van der Waals surface area (Å²) in [7, 11) is 0. The van der Waals surface area contributed by atoms with E-state index < -0.39 is 12.6 Å². The summed E-state index contributed by atoms with van der Waals surface area (Å²) < 4.78 is 36.3. The molecule has 0 radical (unpaired) electrons. The zero-order valence-electron chi connectivity index (χ0n) is 11.1. The Hall–Kier alpha value is -1.89. The number of nitrogens with two attached hydrogens (primary N) is 1. The van der Waals surface area contributed by atoms with E-state index in [0.717, 1.165) is 10.9 Å². The van der Waals surface area contributed by atoms with Gasteiger partial charge in [-0.05, 0) is 18.6 Å². The van der Waals surface area contributed by atoms with Crippen molar-refractivity contribution in [2.75, 3.05) is 11.9 Å². The number of hydrogen-bond acceptors (Lipinski definition) is 3. The Morgan fingerprint density at radius 3 is 2.67 bits per heavy atom. The second-order valence-electron chi connectivity index (χ2n) is 4.59. The number of thiocarbonyl (C=S) groups is 1. The molecule has 0 unspecified atom stereocenters. The van der Waals surface area contributed by atoms with Gasteiger partial charge in [-0.3, -0.25) is 0 Å². The first-order valence-corrected chi connectivity index (χ1v) is 6.78. The second-order valence-corrected chi connectivity index (χ2v) is 5.03. The summed E-state index contributed by atoms with van der Waals surface area (Å²) >= 11 is 4.97. The van der Waals surface area contributed by atoms with Crippen LogP contribution in [-0.2, 0) is 0 Å². The summed E-state index contributed by atoms with van der Waals surface area (Å²) in [5.74, 6) is 0.420. The Balaban J connectivity index is 2.17. The minimum Gasteiger partial charge on any atom is -0.389 e. The number of alkyl halides is 3. The summed E-state index contributed by atoms with van der Waals surface area (Å²) in [5, 5.41) is 3.76. The average Bonchev–Trinajstić information content (AvgIpc) is 2.41. The van der Waals surface area contributed by atoms with E-state index in [2.05, 4.69) is 10.3 Å². The van der Waals surface area contributed by atoms with Crippen LogP contribution in [0.3, 0.4) is 0 Å². The van der Waals surface area contributed by atoms with Gasteiger partial charge in [-0.1, -0.05) is 30.4 Å². The van der Waals surface area contributed by atoms with E-state index in [1.165, 1.54) is 0 Å². The highest BCUT2D eigenvalue weighted by molar-refractivity contribution is 7.80. The monoisotopic (exact) mass is 313 g/mol. The fourth-order valence-electron chi connectivity index (χ4n) is 1.93. The highest BCUT2D eigenvalue weighted by atomic mass is 32.1. The van der Waals surface area contributed by atoms with E-state index in [-0.39, 0.29) is 18.0 Å². The Morgan fingerprint density at radius 1 is 1.29 bits per heavy atom. The van der Waals surface area contributed by atoms with Gasteiger partial charge in [0.2, 0.25) is 0 Å². The predicted octanol–water partition coefficient (Wildman–Crippen LogP) is 3.62. The standard InChI is InChI=1S/C14H14F3N3S/c15-14(16,17)6-3-7-19-13-10(12(18)21)8-9-4-1-2-5-11(9)20-13/h1-2,4-5,8H,3,6-7H2,(H2,18,21)(H,19,20). The number of pyridine rings is 1. The minimum absolute atomic E-state index is 0.0330. The van der Waals surface area contributed by atoms with Crippen molar-refractivity contribution in [3.63, 3.8) is 0 Å². The van der Waals surface area contributed by atoms with Crippen LogP contribution >= 0.6 is 12.2 Å². The molecule has 21 heavy (non-hydrogen) atoms. The summed E-state index contributed by atoms with van der Waals surface area (Å²) in [6.07, 6.45) is -5.02. The van der Waals surface area contributed by atoms with Crippen LogP contribution in [0.2, 0.25) is 0 Å². The van der Waals surface area contributed by atoms with Gasteiger partial charge in [0, 0.05) is 18.4 Å². The van der Waals surface area contributed by atoms with Gasteiger partial charge >= 0.3 is 6.18 Å². The van der Waals surface area contributed by atoms with Gasteiger partial charge < -0.3 is 11.1 Å². The van der Waals surface area contributed by atoms with Gasteiger partial charge in [0.15, 0.2) is 0 Å². The zero-order valence-corrected chi connectivity index (χ0v) is 11.9. The van der Waals surface area contributed by atoms with Crippen molar-refractivity contribution in [2.45, 2.75) is 19.0 Å². The quantitative estimate of drug-likeness (QED) is 0.654. The Bertz CT molecular complexity index is 655. The maximum atomic E-state index is 12.1. The molecule has 1 aromatic carbocycles. The highest BCUT2D eigenvalue weighted by Gasteiger charge is 2.25. The van der Waals surface area contributed by atoms with E-state index in [4.69, 9.17) is 18.0 Å². The van der Waals surface area contributed by atoms with Gasteiger partial charge in [-0.2, -0.15) is 13.2 Å². The number of anilines is 1. The number of nitrogens with zero attached hydrogens (tertiary/aromatic N) is 1. The Morgan fingerprint density at radius 2 is 2.00 bits per heavy atom. The van der Waals surface area contributed by atoms with Crippen LogP contribution in [-0.4, -0.2) is 22.7 Å². The fraction of sp³-hybridized carbons (Fsp3) is 0.286. The smallest absolute Gasteiger partial charge is 0.389 e. The fourth-order valence-corrected chi connectivity index (χ4v) is 2.09. The molecule has 0 aliphatic rings. The lowest BCUT2D eigenvalue weighted by Gasteiger charge is -2.12. The van der Waals surface area contributed by atoms with E-state index >= 15 is 0 Å². The second kappa shape index (κ2) is 6.26. The number of benzene rings is 1. The third-order valence-corrected chi connectivity index (χ3v) is 3.14. The van der Waals surface area contributed by atoms with Gasteiger partial charge in [-0.25, -0.2) is 4.98 Å². The third-order valence-electron chi connectivity index (χ3n) is 2.92. The van der Waals surface area contributed by atoms with Crippen LogP contribution in [0.5, 0.6) is 0 Å². The van der Waals surface area contributed by atoms with Crippen molar-refractivity contribution in [3.8, 4) is 0 Å². The molecule has 0 bridgehead atoms. The molecule has 3 N–H and O–H groups in total. The molecule has 2 rings (SSSR count). The molecule has 1 aromatic heterocycles. The van der Waals surface area contributed by atoms with Crippen LogP contribution in [0.15, 0.2) is 30.3 Å². The molecule has 1 heterocycles. The van der Waals surface area contributed by atoms with E-state index in [1.54, 1.807) is 6.07 Å². The molecule has 2 aromatic rings. The average molecular weight is 313 g/mol. The van der Waals surface area contributed by atoms with Crippen molar-refractivity contribution >= 4 is 33.9 Å². The number of aromatic nitrogens is 1. The molecule has 0 fully saturated rings. The molecule has 0 aliphatic carbocycles. The number of nitrogens with one attached hydrogen (secondary N) is 1. The molecule has 0 atom stereocenters. The summed E-state index contributed by atoms with van der Waals surface area (Å²) in [5.41, 5.74) is 6.92. The van der Waals surface area contributed by atoms with Gasteiger partial charge in [0.1, 0.15) is 10.8 Å². The molecule has 7 heteroatoms.